The second-order valence-corrected chi connectivity index (χ2v) is 9.60. The first-order chi connectivity index (χ1) is 18.6. The molecule has 1 aromatic carbocycles. The molecule has 4 rings (SSSR count). The van der Waals surface area contributed by atoms with E-state index in [1.165, 1.54) is 61.0 Å². The number of amides is 2. The van der Waals surface area contributed by atoms with E-state index < -0.39 is 11.7 Å². The second-order valence-electron chi connectivity index (χ2n) is 9.60. The number of aryl methyl sites for hydroxylation is 2. The van der Waals surface area contributed by atoms with Gasteiger partial charge in [-0.15, -0.1) is 5.10 Å². The zero-order valence-electron chi connectivity index (χ0n) is 22.8. The van der Waals surface area contributed by atoms with Gasteiger partial charge in [-0.25, -0.2) is 19.3 Å². The molecule has 2 amide bonds. The zero-order chi connectivity index (χ0) is 28.4. The van der Waals surface area contributed by atoms with Gasteiger partial charge in [0.2, 0.25) is 5.91 Å². The number of carbonyl (C=O) groups excluding carboxylic acids is 2. The fourth-order valence-electron chi connectivity index (χ4n) is 4.14. The molecule has 2 heterocycles. The van der Waals surface area contributed by atoms with Gasteiger partial charge in [-0.3, -0.25) is 14.3 Å². The summed E-state index contributed by atoms with van der Waals surface area (Å²) in [6, 6.07) is 6.23. The van der Waals surface area contributed by atoms with E-state index >= 15 is 0 Å². The van der Waals surface area contributed by atoms with E-state index in [1.807, 2.05) is 0 Å². The first-order valence-electron chi connectivity index (χ1n) is 12.9. The molecule has 12 heteroatoms. The number of hydrogen-bond donors (Lipinski definition) is 3. The van der Waals surface area contributed by atoms with Gasteiger partial charge in [0, 0.05) is 26.6 Å². The van der Waals surface area contributed by atoms with Crippen molar-refractivity contribution in [2.75, 3.05) is 13.2 Å². The summed E-state index contributed by atoms with van der Waals surface area (Å²) >= 11 is 0. The predicted molar refractivity (Wildman–Crippen MR) is 142 cm³/mol. The summed E-state index contributed by atoms with van der Waals surface area (Å²) in [5, 5.41) is 18.7. The van der Waals surface area contributed by atoms with Crippen LogP contribution in [0.25, 0.3) is 11.5 Å². The summed E-state index contributed by atoms with van der Waals surface area (Å²) in [5.74, 6) is 0.849. The van der Waals surface area contributed by atoms with E-state index in [4.69, 9.17) is 9.84 Å². The molecule has 3 aromatic rings. The third kappa shape index (κ3) is 9.40. The highest BCUT2D eigenvalue weighted by Gasteiger charge is 2.18. The summed E-state index contributed by atoms with van der Waals surface area (Å²) in [4.78, 5) is 35.7. The highest BCUT2D eigenvalue weighted by atomic mass is 19.1. The van der Waals surface area contributed by atoms with Gasteiger partial charge < -0.3 is 20.5 Å². The Balaban J connectivity index is 0.000000320. The van der Waals surface area contributed by atoms with Crippen molar-refractivity contribution in [2.24, 2.45) is 13.0 Å². The van der Waals surface area contributed by atoms with Crippen LogP contribution in [0.15, 0.2) is 30.6 Å². The lowest BCUT2D eigenvalue weighted by atomic mass is 9.87. The Morgan fingerprint density at radius 2 is 1.92 bits per heavy atom. The van der Waals surface area contributed by atoms with Crippen LogP contribution >= 0.6 is 0 Å². The summed E-state index contributed by atoms with van der Waals surface area (Å²) in [5.41, 5.74) is 1.26. The van der Waals surface area contributed by atoms with Gasteiger partial charge in [0.1, 0.15) is 30.1 Å². The van der Waals surface area contributed by atoms with E-state index in [0.29, 0.717) is 28.9 Å². The molecule has 0 aliphatic heterocycles. The number of benzene rings is 1. The monoisotopic (exact) mass is 541 g/mol. The van der Waals surface area contributed by atoms with E-state index in [9.17, 15) is 14.0 Å². The standard InChI is InChI=1S/C18H19FN6O3.C9H17NO/c1-11-22-14(17-21-10-25(2)24-17)8-15(23-11)18(27)20-9-12-3-4-13(19)16(7-12)28-6-5-26;1-7-3-5-9(6-4-7)10-8(2)11/h3-4,7-8,10,26H,5-6,9H2,1-2H3,(H,20,27);7,9H,3-6H2,1-2H3,(H,10,11). The topological polar surface area (TPSA) is 144 Å². The van der Waals surface area contributed by atoms with Crippen LogP contribution in [0.2, 0.25) is 0 Å². The number of hydrogen-bond acceptors (Lipinski definition) is 8. The molecule has 11 nitrogen and oxygen atoms in total. The van der Waals surface area contributed by atoms with Crippen LogP contribution in [0.1, 0.15) is 61.4 Å². The van der Waals surface area contributed by atoms with Crippen molar-refractivity contribution >= 4 is 11.8 Å². The van der Waals surface area contributed by atoms with Crippen molar-refractivity contribution in [3.8, 4) is 17.3 Å². The first kappa shape index (κ1) is 29.6. The minimum Gasteiger partial charge on any atom is -0.488 e. The molecule has 1 aliphatic carbocycles. The van der Waals surface area contributed by atoms with Gasteiger partial charge in [-0.05, 0) is 62.3 Å². The Hall–Kier alpha value is -3.93. The Kier molecular flexibility index (Phi) is 10.9. The molecule has 1 saturated carbocycles. The van der Waals surface area contributed by atoms with Crippen LogP contribution in [0.4, 0.5) is 4.39 Å². The maximum absolute atomic E-state index is 13.7. The minimum absolute atomic E-state index is 0.0159. The molecule has 1 aliphatic rings. The second kappa shape index (κ2) is 14.3. The van der Waals surface area contributed by atoms with Crippen LogP contribution in [-0.4, -0.2) is 60.9 Å². The minimum atomic E-state index is -0.539. The van der Waals surface area contributed by atoms with Crippen molar-refractivity contribution in [3.05, 3.63) is 53.5 Å². The van der Waals surface area contributed by atoms with E-state index in [0.717, 1.165) is 5.92 Å². The molecular formula is C27H36FN7O4. The molecule has 2 aromatic heterocycles. The number of ether oxygens (including phenoxy) is 1. The Labute approximate surface area is 227 Å². The van der Waals surface area contributed by atoms with Gasteiger partial charge >= 0.3 is 0 Å². The molecule has 0 spiro atoms. The summed E-state index contributed by atoms with van der Waals surface area (Å²) in [6.07, 6.45) is 6.41. The fraction of sp³-hybridized carbons (Fsp3) is 0.481. The molecule has 0 unspecified atom stereocenters. The summed E-state index contributed by atoms with van der Waals surface area (Å²) in [6.45, 7) is 5.46. The van der Waals surface area contributed by atoms with Crippen LogP contribution in [0, 0.1) is 18.7 Å². The lowest BCUT2D eigenvalue weighted by Crippen LogP contribution is -2.35. The number of nitrogens with zero attached hydrogens (tertiary/aromatic N) is 5. The largest absolute Gasteiger partial charge is 0.488 e. The number of rotatable bonds is 8. The van der Waals surface area contributed by atoms with Gasteiger partial charge in [0.15, 0.2) is 17.4 Å². The quantitative estimate of drug-likeness (QED) is 0.395. The SMILES string of the molecule is CC(=O)NC1CCC(C)CC1.Cc1nc(C(=O)NCc2ccc(F)c(OCCO)c2)cc(-c2ncn(C)n2)n1. The third-order valence-electron chi connectivity index (χ3n) is 6.12. The van der Waals surface area contributed by atoms with Crippen molar-refractivity contribution in [2.45, 2.75) is 59.0 Å². The lowest BCUT2D eigenvalue weighted by molar-refractivity contribution is -0.119. The molecule has 0 saturated heterocycles. The van der Waals surface area contributed by atoms with E-state index in [-0.39, 0.29) is 37.1 Å². The highest BCUT2D eigenvalue weighted by Crippen LogP contribution is 2.23. The van der Waals surface area contributed by atoms with Gasteiger partial charge in [0.05, 0.1) is 6.61 Å². The maximum atomic E-state index is 13.7. The number of halogens is 1. The van der Waals surface area contributed by atoms with E-state index in [1.54, 1.807) is 20.9 Å². The van der Waals surface area contributed by atoms with Crippen molar-refractivity contribution in [3.63, 3.8) is 0 Å². The number of aliphatic hydroxyl groups excluding tert-OH is 1. The van der Waals surface area contributed by atoms with E-state index in [2.05, 4.69) is 37.6 Å². The Morgan fingerprint density at radius 1 is 1.18 bits per heavy atom. The van der Waals surface area contributed by atoms with Crippen molar-refractivity contribution in [1.29, 1.82) is 0 Å². The smallest absolute Gasteiger partial charge is 0.270 e. The summed E-state index contributed by atoms with van der Waals surface area (Å²) < 4.78 is 20.3. The predicted octanol–water partition coefficient (Wildman–Crippen LogP) is 2.72. The Bertz CT molecular complexity index is 1260. The summed E-state index contributed by atoms with van der Waals surface area (Å²) in [7, 11) is 1.74. The fourth-order valence-corrected chi connectivity index (χ4v) is 4.14. The Morgan fingerprint density at radius 3 is 2.56 bits per heavy atom. The van der Waals surface area contributed by atoms with Crippen LogP contribution in [-0.2, 0) is 18.4 Å². The molecule has 0 bridgehead atoms. The van der Waals surface area contributed by atoms with Gasteiger partial charge in [-0.2, -0.15) is 0 Å². The molecular weight excluding hydrogens is 505 g/mol. The molecule has 1 fully saturated rings. The average Bonchev–Trinajstić information content (AvgIpc) is 3.34. The third-order valence-corrected chi connectivity index (χ3v) is 6.12. The number of aromatic nitrogens is 5. The normalized spacial score (nSPS) is 16.6. The molecule has 0 radical (unpaired) electrons. The number of carbonyl (C=O) groups is 2. The molecule has 210 valence electrons. The molecule has 3 N–H and O–H groups in total. The van der Waals surface area contributed by atoms with Crippen LogP contribution < -0.4 is 15.4 Å². The zero-order valence-corrected chi connectivity index (χ0v) is 22.8. The highest BCUT2D eigenvalue weighted by molar-refractivity contribution is 5.93. The van der Waals surface area contributed by atoms with Crippen molar-refractivity contribution < 1.29 is 23.8 Å². The molecule has 39 heavy (non-hydrogen) atoms. The first-order valence-corrected chi connectivity index (χ1v) is 12.9. The van der Waals surface area contributed by atoms with Crippen molar-refractivity contribution in [1.82, 2.24) is 35.4 Å². The average molecular weight is 542 g/mol. The van der Waals surface area contributed by atoms with Gasteiger partial charge in [0.25, 0.3) is 5.91 Å². The van der Waals surface area contributed by atoms with Gasteiger partial charge in [-0.1, -0.05) is 13.0 Å². The number of nitrogens with one attached hydrogen (secondary N) is 2. The van der Waals surface area contributed by atoms with Crippen LogP contribution in [0.3, 0.4) is 0 Å². The number of aliphatic hydroxyl groups is 1. The molecule has 0 atom stereocenters. The lowest BCUT2D eigenvalue weighted by Gasteiger charge is -2.26. The maximum Gasteiger partial charge on any atom is 0.270 e. The van der Waals surface area contributed by atoms with Crippen LogP contribution in [0.5, 0.6) is 5.75 Å².